The monoisotopic (exact) mass is 206 g/mol. The molecule has 0 aromatic heterocycles. The van der Waals surface area contributed by atoms with Gasteiger partial charge in [-0.1, -0.05) is 33.8 Å². The molecular formula is C13H18S. The first kappa shape index (κ1) is 10.1. The van der Waals surface area contributed by atoms with Gasteiger partial charge >= 0.3 is 0 Å². The van der Waals surface area contributed by atoms with E-state index in [1.807, 2.05) is 0 Å². The van der Waals surface area contributed by atoms with Gasteiger partial charge in [-0.05, 0) is 40.5 Å². The van der Waals surface area contributed by atoms with Crippen molar-refractivity contribution in [1.82, 2.24) is 0 Å². The highest BCUT2D eigenvalue weighted by Gasteiger charge is 2.37. The van der Waals surface area contributed by atoms with Crippen molar-refractivity contribution in [2.75, 3.05) is 0 Å². The van der Waals surface area contributed by atoms with Crippen molar-refractivity contribution in [3.63, 3.8) is 0 Å². The summed E-state index contributed by atoms with van der Waals surface area (Å²) in [6.45, 7) is 9.27. The van der Waals surface area contributed by atoms with Crippen molar-refractivity contribution in [1.29, 1.82) is 0 Å². The first-order valence-corrected chi connectivity index (χ1v) is 5.61. The molecule has 1 heteroatoms. The Kier molecular flexibility index (Phi) is 2.01. The number of hydrogen-bond donors (Lipinski definition) is 1. The highest BCUT2D eigenvalue weighted by atomic mass is 32.1. The smallest absolute Gasteiger partial charge is 0.00490 e. The molecule has 2 aliphatic carbocycles. The molecular weight excluding hydrogens is 188 g/mol. The van der Waals surface area contributed by atoms with Crippen LogP contribution in [0.2, 0.25) is 0 Å². The molecule has 0 aromatic rings. The molecule has 0 saturated heterocycles. The van der Waals surface area contributed by atoms with Gasteiger partial charge in [-0.15, -0.1) is 12.6 Å². The Bertz CT molecular complexity index is 365. The van der Waals surface area contributed by atoms with Gasteiger partial charge in [0.1, 0.15) is 0 Å². The minimum atomic E-state index is 0.286. The number of fused-ring (bicyclic) bond motifs is 1. The van der Waals surface area contributed by atoms with Crippen LogP contribution in [0.4, 0.5) is 0 Å². The lowest BCUT2D eigenvalue weighted by Gasteiger charge is -2.40. The molecule has 0 fully saturated rings. The van der Waals surface area contributed by atoms with Crippen molar-refractivity contribution in [3.8, 4) is 0 Å². The van der Waals surface area contributed by atoms with Gasteiger partial charge in [-0.2, -0.15) is 0 Å². The van der Waals surface area contributed by atoms with Gasteiger partial charge in [0, 0.05) is 4.91 Å². The minimum absolute atomic E-state index is 0.286. The first-order chi connectivity index (χ1) is 6.30. The Balaban J connectivity index is 2.53. The molecule has 0 unspecified atom stereocenters. The second-order valence-corrected chi connectivity index (χ2v) is 6.29. The Morgan fingerprint density at radius 2 is 1.79 bits per heavy atom. The van der Waals surface area contributed by atoms with Crippen molar-refractivity contribution >= 4 is 12.6 Å². The molecule has 0 N–H and O–H groups in total. The average Bonchev–Trinajstić information content (AvgIpc) is 2.25. The topological polar surface area (TPSA) is 0 Å². The van der Waals surface area contributed by atoms with E-state index in [1.165, 1.54) is 17.6 Å². The number of rotatable bonds is 0. The molecule has 0 saturated carbocycles. The molecule has 0 heterocycles. The van der Waals surface area contributed by atoms with E-state index in [4.69, 9.17) is 0 Å². The SMILES string of the molecule is CC1(C)C=C2C=C(S)C=C2C(C)(C)C1. The van der Waals surface area contributed by atoms with Crippen molar-refractivity contribution in [3.05, 3.63) is 34.3 Å². The van der Waals surface area contributed by atoms with Gasteiger partial charge in [0.15, 0.2) is 0 Å². The maximum absolute atomic E-state index is 4.43. The lowest BCUT2D eigenvalue weighted by Crippen LogP contribution is -2.28. The van der Waals surface area contributed by atoms with E-state index in [2.05, 4.69) is 58.6 Å². The van der Waals surface area contributed by atoms with E-state index in [1.54, 1.807) is 0 Å². The molecule has 2 rings (SSSR count). The third-order valence-corrected chi connectivity index (χ3v) is 3.34. The summed E-state index contributed by atoms with van der Waals surface area (Å²) < 4.78 is 0. The highest BCUT2D eigenvalue weighted by Crippen LogP contribution is 2.50. The third kappa shape index (κ3) is 1.58. The lowest BCUT2D eigenvalue weighted by molar-refractivity contribution is 0.269. The van der Waals surface area contributed by atoms with Crippen LogP contribution in [0.15, 0.2) is 34.3 Å². The highest BCUT2D eigenvalue weighted by molar-refractivity contribution is 7.84. The quantitative estimate of drug-likeness (QED) is 0.566. The summed E-state index contributed by atoms with van der Waals surface area (Å²) >= 11 is 4.43. The predicted molar refractivity (Wildman–Crippen MR) is 65.4 cm³/mol. The second-order valence-electron chi connectivity index (χ2n) is 5.78. The molecule has 2 aliphatic rings. The van der Waals surface area contributed by atoms with E-state index in [0.29, 0.717) is 5.41 Å². The van der Waals surface area contributed by atoms with Crippen LogP contribution in [0.1, 0.15) is 34.1 Å². The molecule has 0 radical (unpaired) electrons. The number of allylic oxidation sites excluding steroid dienone is 5. The van der Waals surface area contributed by atoms with Crippen LogP contribution in [0.5, 0.6) is 0 Å². The second kappa shape index (κ2) is 2.79. The summed E-state index contributed by atoms with van der Waals surface area (Å²) in [4.78, 5) is 1.09. The standard InChI is InChI=1S/C13H18S/c1-12(2)7-9-5-10(14)6-11(9)13(3,4)8-12/h5-7,14H,8H2,1-4H3. The third-order valence-electron chi connectivity index (χ3n) is 3.08. The maximum atomic E-state index is 4.43. The van der Waals surface area contributed by atoms with E-state index >= 15 is 0 Å². The summed E-state index contributed by atoms with van der Waals surface area (Å²) in [5.74, 6) is 0. The summed E-state index contributed by atoms with van der Waals surface area (Å²) in [5, 5.41) is 0. The zero-order valence-electron chi connectivity index (χ0n) is 9.39. The van der Waals surface area contributed by atoms with Gasteiger partial charge < -0.3 is 0 Å². The van der Waals surface area contributed by atoms with Gasteiger partial charge in [0.05, 0.1) is 0 Å². The molecule has 0 aromatic carbocycles. The first-order valence-electron chi connectivity index (χ1n) is 5.16. The minimum Gasteiger partial charge on any atom is -0.143 e. The summed E-state index contributed by atoms with van der Waals surface area (Å²) in [7, 11) is 0. The molecule has 0 spiro atoms. The van der Waals surface area contributed by atoms with E-state index in [0.717, 1.165) is 4.91 Å². The van der Waals surface area contributed by atoms with Gasteiger partial charge in [0.25, 0.3) is 0 Å². The molecule has 0 bridgehead atoms. The number of hydrogen-bond acceptors (Lipinski definition) is 1. The predicted octanol–water partition coefficient (Wildman–Crippen LogP) is 4.12. The van der Waals surface area contributed by atoms with E-state index in [-0.39, 0.29) is 5.41 Å². The van der Waals surface area contributed by atoms with Gasteiger partial charge in [-0.25, -0.2) is 0 Å². The molecule has 0 nitrogen and oxygen atoms in total. The Hall–Kier alpha value is -0.430. The molecule has 76 valence electrons. The van der Waals surface area contributed by atoms with E-state index in [9.17, 15) is 0 Å². The number of thiol groups is 1. The van der Waals surface area contributed by atoms with Crippen molar-refractivity contribution in [2.45, 2.75) is 34.1 Å². The molecule has 0 aliphatic heterocycles. The van der Waals surface area contributed by atoms with Crippen LogP contribution in [0.25, 0.3) is 0 Å². The Morgan fingerprint density at radius 3 is 2.43 bits per heavy atom. The van der Waals surface area contributed by atoms with Crippen LogP contribution in [0.3, 0.4) is 0 Å². The normalized spacial score (nSPS) is 27.6. The largest absolute Gasteiger partial charge is 0.143 e. The van der Waals surface area contributed by atoms with Crippen LogP contribution < -0.4 is 0 Å². The average molecular weight is 206 g/mol. The van der Waals surface area contributed by atoms with Crippen LogP contribution in [0, 0.1) is 10.8 Å². The molecule has 14 heavy (non-hydrogen) atoms. The fourth-order valence-corrected chi connectivity index (χ4v) is 3.19. The van der Waals surface area contributed by atoms with Crippen molar-refractivity contribution in [2.24, 2.45) is 10.8 Å². The van der Waals surface area contributed by atoms with E-state index < -0.39 is 0 Å². The fraction of sp³-hybridized carbons (Fsp3) is 0.538. The van der Waals surface area contributed by atoms with Crippen LogP contribution >= 0.6 is 12.6 Å². The van der Waals surface area contributed by atoms with Crippen LogP contribution in [-0.4, -0.2) is 0 Å². The molecule has 0 amide bonds. The summed E-state index contributed by atoms with van der Waals surface area (Å²) in [6.07, 6.45) is 7.99. The lowest BCUT2D eigenvalue weighted by atomic mass is 9.65. The van der Waals surface area contributed by atoms with Crippen LogP contribution in [-0.2, 0) is 0 Å². The van der Waals surface area contributed by atoms with Gasteiger partial charge in [0.2, 0.25) is 0 Å². The molecule has 0 atom stereocenters. The maximum Gasteiger partial charge on any atom is 0.00490 e. The zero-order chi connectivity index (χ0) is 10.6. The fourth-order valence-electron chi connectivity index (χ4n) is 2.92. The Morgan fingerprint density at radius 1 is 1.14 bits per heavy atom. The van der Waals surface area contributed by atoms with Crippen molar-refractivity contribution < 1.29 is 0 Å². The summed E-state index contributed by atoms with van der Waals surface area (Å²) in [6, 6.07) is 0. The Labute approximate surface area is 92.2 Å². The zero-order valence-corrected chi connectivity index (χ0v) is 10.3. The summed E-state index contributed by atoms with van der Waals surface area (Å²) in [5.41, 5.74) is 3.44. The van der Waals surface area contributed by atoms with Gasteiger partial charge in [-0.3, -0.25) is 0 Å².